The molecule has 1 aromatic carbocycles. The number of aryl methyl sites for hydroxylation is 1. The van der Waals surface area contributed by atoms with Gasteiger partial charge in [-0.05, 0) is 38.2 Å². The third-order valence-electron chi connectivity index (χ3n) is 5.47. The zero-order valence-corrected chi connectivity index (χ0v) is 19.2. The molecule has 1 fully saturated rings. The van der Waals surface area contributed by atoms with E-state index in [1.165, 1.54) is 24.1 Å². The van der Waals surface area contributed by atoms with E-state index >= 15 is 0 Å². The number of fused-ring (bicyclic) bond motifs is 1. The molecule has 1 saturated carbocycles. The van der Waals surface area contributed by atoms with Gasteiger partial charge in [0.1, 0.15) is 39.5 Å². The molecule has 31 heavy (non-hydrogen) atoms. The fourth-order valence-corrected chi connectivity index (χ4v) is 5.10. The predicted molar refractivity (Wildman–Crippen MR) is 122 cm³/mol. The van der Waals surface area contributed by atoms with Crippen LogP contribution in [0.2, 0.25) is 5.02 Å². The molecule has 7 nitrogen and oxygen atoms in total. The fourth-order valence-electron chi connectivity index (χ4n) is 3.83. The molecular formula is C22H24ClN3O4S. The van der Waals surface area contributed by atoms with E-state index in [0.29, 0.717) is 37.7 Å². The number of nitrogens with zero attached hydrogens (tertiary/aromatic N) is 2. The van der Waals surface area contributed by atoms with Gasteiger partial charge in [-0.3, -0.25) is 0 Å². The maximum Gasteiger partial charge on any atom is 0.348 e. The van der Waals surface area contributed by atoms with Crippen LogP contribution in [-0.2, 0) is 4.74 Å². The van der Waals surface area contributed by atoms with Crippen molar-refractivity contribution < 1.29 is 19.0 Å². The quantitative estimate of drug-likeness (QED) is 0.457. The highest BCUT2D eigenvalue weighted by Crippen LogP contribution is 2.40. The van der Waals surface area contributed by atoms with E-state index in [2.05, 4.69) is 15.3 Å². The van der Waals surface area contributed by atoms with Crippen LogP contribution in [-0.4, -0.2) is 36.3 Å². The Morgan fingerprint density at radius 1 is 1.13 bits per heavy atom. The summed E-state index contributed by atoms with van der Waals surface area (Å²) in [5, 5.41) is 4.50. The minimum Gasteiger partial charge on any atom is -0.495 e. The molecule has 2 heterocycles. The number of thiophene rings is 1. The number of carbonyl (C=O) groups excluding carboxylic acids is 1. The lowest BCUT2D eigenvalue weighted by Crippen LogP contribution is -2.20. The lowest BCUT2D eigenvalue weighted by molar-refractivity contribution is 0.0216. The predicted octanol–water partition coefficient (Wildman–Crippen LogP) is 5.90. The van der Waals surface area contributed by atoms with Crippen molar-refractivity contribution in [1.82, 2.24) is 9.97 Å². The zero-order chi connectivity index (χ0) is 22.0. The Bertz CT molecular complexity index is 1110. The van der Waals surface area contributed by atoms with Crippen LogP contribution in [0.4, 0.5) is 11.5 Å². The minimum absolute atomic E-state index is 0.000310. The molecular weight excluding hydrogens is 438 g/mol. The molecule has 1 N–H and O–H groups in total. The smallest absolute Gasteiger partial charge is 0.348 e. The van der Waals surface area contributed by atoms with Gasteiger partial charge in [-0.2, -0.15) is 0 Å². The number of benzene rings is 1. The summed E-state index contributed by atoms with van der Waals surface area (Å²) in [6.45, 7) is 1.89. The molecule has 1 aliphatic carbocycles. The third-order valence-corrected chi connectivity index (χ3v) is 6.94. The first-order chi connectivity index (χ1) is 15.0. The Hall–Kier alpha value is -2.58. The monoisotopic (exact) mass is 461 g/mol. The number of hydrogen-bond acceptors (Lipinski definition) is 8. The van der Waals surface area contributed by atoms with Gasteiger partial charge in [-0.25, -0.2) is 14.8 Å². The average molecular weight is 462 g/mol. The average Bonchev–Trinajstić information content (AvgIpc) is 3.13. The molecule has 4 rings (SSSR count). The second-order valence-corrected chi connectivity index (χ2v) is 8.84. The van der Waals surface area contributed by atoms with Crippen molar-refractivity contribution >= 4 is 50.6 Å². The lowest BCUT2D eigenvalue weighted by Gasteiger charge is -2.21. The van der Waals surface area contributed by atoms with E-state index < -0.39 is 0 Å². The van der Waals surface area contributed by atoms with Gasteiger partial charge in [0.05, 0.1) is 30.3 Å². The summed E-state index contributed by atoms with van der Waals surface area (Å²) in [6.07, 6.45) is 6.75. The molecule has 0 unspecified atom stereocenters. The maximum absolute atomic E-state index is 12.9. The van der Waals surface area contributed by atoms with Gasteiger partial charge in [0.15, 0.2) is 0 Å². The largest absolute Gasteiger partial charge is 0.495 e. The Morgan fingerprint density at radius 3 is 2.58 bits per heavy atom. The molecule has 0 aliphatic heterocycles. The number of rotatable bonds is 6. The molecule has 9 heteroatoms. The van der Waals surface area contributed by atoms with Crippen molar-refractivity contribution in [1.29, 1.82) is 0 Å². The number of halogens is 1. The number of nitrogens with one attached hydrogen (secondary N) is 1. The highest BCUT2D eigenvalue weighted by Gasteiger charge is 2.24. The zero-order valence-electron chi connectivity index (χ0n) is 17.7. The van der Waals surface area contributed by atoms with Gasteiger partial charge < -0.3 is 19.5 Å². The van der Waals surface area contributed by atoms with Crippen molar-refractivity contribution in [3.05, 3.63) is 33.9 Å². The standard InChI is InChI=1S/C22H24ClN3O4S/c1-12-18-20(26-15-10-16(28-2)14(23)9-17(15)29-3)24-11-25-21(18)31-19(12)22(27)30-13-7-5-4-6-8-13/h9-11,13H,4-8H2,1-3H3,(H,24,25,26). The van der Waals surface area contributed by atoms with Gasteiger partial charge >= 0.3 is 5.97 Å². The van der Waals surface area contributed by atoms with Crippen LogP contribution in [0.5, 0.6) is 11.5 Å². The summed E-state index contributed by atoms with van der Waals surface area (Å²) in [4.78, 5) is 22.9. The Balaban J connectivity index is 1.68. The van der Waals surface area contributed by atoms with E-state index in [4.69, 9.17) is 25.8 Å². The Labute approximate surface area is 189 Å². The summed E-state index contributed by atoms with van der Waals surface area (Å²) in [6, 6.07) is 3.42. The Kier molecular flexibility index (Phi) is 6.48. The lowest BCUT2D eigenvalue weighted by atomic mass is 9.98. The second-order valence-electron chi connectivity index (χ2n) is 7.44. The minimum atomic E-state index is -0.288. The van der Waals surface area contributed by atoms with E-state index in [-0.39, 0.29) is 12.1 Å². The van der Waals surface area contributed by atoms with Crippen LogP contribution < -0.4 is 14.8 Å². The van der Waals surface area contributed by atoms with Gasteiger partial charge in [0.2, 0.25) is 0 Å². The summed E-state index contributed by atoms with van der Waals surface area (Å²) in [7, 11) is 3.11. The summed E-state index contributed by atoms with van der Waals surface area (Å²) in [5.41, 5.74) is 1.43. The maximum atomic E-state index is 12.9. The first kappa shape index (κ1) is 21.6. The molecule has 0 saturated heterocycles. The van der Waals surface area contributed by atoms with Crippen molar-refractivity contribution in [2.24, 2.45) is 0 Å². The number of aromatic nitrogens is 2. The Morgan fingerprint density at radius 2 is 1.87 bits per heavy atom. The summed E-state index contributed by atoms with van der Waals surface area (Å²) < 4.78 is 16.6. The molecule has 0 spiro atoms. The molecule has 0 amide bonds. The second kappa shape index (κ2) is 9.28. The molecule has 1 aliphatic rings. The number of esters is 1. The third kappa shape index (κ3) is 4.41. The van der Waals surface area contributed by atoms with Gasteiger partial charge in [-0.1, -0.05) is 18.0 Å². The van der Waals surface area contributed by atoms with Crippen LogP contribution in [0.3, 0.4) is 0 Å². The van der Waals surface area contributed by atoms with Crippen LogP contribution in [0.25, 0.3) is 10.2 Å². The number of ether oxygens (including phenoxy) is 3. The van der Waals surface area contributed by atoms with Crippen molar-refractivity contribution in [3.8, 4) is 11.5 Å². The van der Waals surface area contributed by atoms with E-state index in [1.807, 2.05) is 6.92 Å². The van der Waals surface area contributed by atoms with Crippen LogP contribution in [0.15, 0.2) is 18.5 Å². The van der Waals surface area contributed by atoms with Crippen LogP contribution >= 0.6 is 22.9 Å². The fraction of sp³-hybridized carbons (Fsp3) is 0.409. The van der Waals surface area contributed by atoms with Crippen molar-refractivity contribution in [2.75, 3.05) is 19.5 Å². The first-order valence-corrected chi connectivity index (χ1v) is 11.3. The topological polar surface area (TPSA) is 82.6 Å². The van der Waals surface area contributed by atoms with Crippen molar-refractivity contribution in [2.45, 2.75) is 45.1 Å². The van der Waals surface area contributed by atoms with Crippen LogP contribution in [0, 0.1) is 6.92 Å². The molecule has 2 aromatic heterocycles. The van der Waals surface area contributed by atoms with Gasteiger partial charge in [0.25, 0.3) is 0 Å². The summed E-state index contributed by atoms with van der Waals surface area (Å²) >= 11 is 7.54. The number of carbonyl (C=O) groups is 1. The van der Waals surface area contributed by atoms with Gasteiger partial charge in [0, 0.05) is 12.1 Å². The van der Waals surface area contributed by atoms with E-state index in [0.717, 1.165) is 36.6 Å². The highest BCUT2D eigenvalue weighted by atomic mass is 35.5. The summed E-state index contributed by atoms with van der Waals surface area (Å²) in [5.74, 6) is 1.33. The van der Waals surface area contributed by atoms with E-state index in [1.54, 1.807) is 26.4 Å². The molecule has 0 atom stereocenters. The van der Waals surface area contributed by atoms with Crippen molar-refractivity contribution in [3.63, 3.8) is 0 Å². The van der Waals surface area contributed by atoms with Gasteiger partial charge in [-0.15, -0.1) is 11.3 Å². The molecule has 0 radical (unpaired) electrons. The van der Waals surface area contributed by atoms with Crippen LogP contribution in [0.1, 0.15) is 47.3 Å². The number of methoxy groups -OCH3 is 2. The number of anilines is 2. The highest BCUT2D eigenvalue weighted by molar-refractivity contribution is 7.20. The first-order valence-electron chi connectivity index (χ1n) is 10.2. The number of hydrogen-bond donors (Lipinski definition) is 1. The van der Waals surface area contributed by atoms with E-state index in [9.17, 15) is 4.79 Å². The normalized spacial score (nSPS) is 14.5. The molecule has 3 aromatic rings. The SMILES string of the molecule is COc1cc(Nc2ncnc3sc(C(=O)OC4CCCCC4)c(C)c23)c(OC)cc1Cl. The molecule has 164 valence electrons. The molecule has 0 bridgehead atoms.